The summed E-state index contributed by atoms with van der Waals surface area (Å²) in [4.78, 5) is 9.05. The fourth-order valence-electron chi connectivity index (χ4n) is 2.26. The van der Waals surface area contributed by atoms with Gasteiger partial charge in [-0.3, -0.25) is 0 Å². The number of aryl methyl sites for hydroxylation is 2. The van der Waals surface area contributed by atoms with Gasteiger partial charge in [-0.05, 0) is 32.1 Å². The molecule has 0 unspecified atom stereocenters. The zero-order chi connectivity index (χ0) is 12.1. The number of aromatic nitrogens is 2. The molecule has 0 bridgehead atoms. The third kappa shape index (κ3) is 3.39. The molecule has 1 aromatic rings. The smallest absolute Gasteiger partial charge is 0.136 e. The summed E-state index contributed by atoms with van der Waals surface area (Å²) >= 11 is 6.25. The maximum atomic E-state index is 6.25. The van der Waals surface area contributed by atoms with Crippen LogP contribution in [0.25, 0.3) is 0 Å². The fraction of sp³-hybridized carbons (Fsp3) is 0.692. The number of rotatable bonds is 4. The predicted octanol–water partition coefficient (Wildman–Crippen LogP) is 2.98. The van der Waals surface area contributed by atoms with Crippen LogP contribution in [0.1, 0.15) is 42.8 Å². The molecule has 1 aliphatic carbocycles. The van der Waals surface area contributed by atoms with E-state index >= 15 is 0 Å². The number of hydrogen-bond donors (Lipinski definition) is 0. The second-order valence-electron chi connectivity index (χ2n) is 4.51. The minimum atomic E-state index is 0.671. The lowest BCUT2D eigenvalue weighted by atomic mass is 10.1. The number of fused-ring (bicyclic) bond motifs is 1. The molecule has 17 heavy (non-hydrogen) atoms. The van der Waals surface area contributed by atoms with Crippen molar-refractivity contribution in [1.82, 2.24) is 9.97 Å². The molecule has 0 spiro atoms. The van der Waals surface area contributed by atoms with Crippen LogP contribution in [0.3, 0.4) is 0 Å². The van der Waals surface area contributed by atoms with Crippen molar-refractivity contribution in [2.45, 2.75) is 44.9 Å². The number of halogens is 1. The van der Waals surface area contributed by atoms with Gasteiger partial charge in [-0.25, -0.2) is 9.97 Å². The quantitative estimate of drug-likeness (QED) is 0.471. The minimum absolute atomic E-state index is 0.671. The van der Waals surface area contributed by atoms with E-state index in [0.29, 0.717) is 5.15 Å². The van der Waals surface area contributed by atoms with Crippen LogP contribution in [0.15, 0.2) is 0 Å². The summed E-state index contributed by atoms with van der Waals surface area (Å²) in [6.07, 6.45) is 7.58. The molecule has 94 valence electrons. The van der Waals surface area contributed by atoms with Gasteiger partial charge < -0.3 is 4.74 Å². The Bertz CT molecular complexity index is 382. The second-order valence-corrected chi connectivity index (χ2v) is 4.87. The summed E-state index contributed by atoms with van der Waals surface area (Å²) in [6.45, 7) is 0.748. The third-order valence-electron chi connectivity index (χ3n) is 3.18. The number of ether oxygens (including phenoxy) is 1. The first-order chi connectivity index (χ1) is 8.31. The van der Waals surface area contributed by atoms with Crippen LogP contribution in [-0.4, -0.2) is 23.7 Å². The monoisotopic (exact) mass is 254 g/mol. The van der Waals surface area contributed by atoms with Gasteiger partial charge in [0.15, 0.2) is 0 Å². The molecule has 0 atom stereocenters. The Kier molecular flexibility index (Phi) is 4.75. The van der Waals surface area contributed by atoms with E-state index in [0.717, 1.165) is 38.1 Å². The lowest BCUT2D eigenvalue weighted by molar-refractivity contribution is 0.194. The van der Waals surface area contributed by atoms with Crippen molar-refractivity contribution in [3.63, 3.8) is 0 Å². The van der Waals surface area contributed by atoms with Crippen molar-refractivity contribution >= 4 is 11.6 Å². The van der Waals surface area contributed by atoms with Gasteiger partial charge in [-0.1, -0.05) is 18.0 Å². The maximum absolute atomic E-state index is 6.25. The highest BCUT2D eigenvalue weighted by atomic mass is 35.5. The highest BCUT2D eigenvalue weighted by Gasteiger charge is 2.15. The van der Waals surface area contributed by atoms with Gasteiger partial charge in [0.05, 0.1) is 0 Å². The van der Waals surface area contributed by atoms with Gasteiger partial charge in [0.2, 0.25) is 0 Å². The highest BCUT2D eigenvalue weighted by molar-refractivity contribution is 6.30. The summed E-state index contributed by atoms with van der Waals surface area (Å²) < 4.78 is 5.04. The van der Waals surface area contributed by atoms with Crippen LogP contribution in [0.2, 0.25) is 5.15 Å². The van der Waals surface area contributed by atoms with Crippen LogP contribution in [-0.2, 0) is 24.0 Å². The van der Waals surface area contributed by atoms with Crippen LogP contribution in [0.5, 0.6) is 0 Å². The van der Waals surface area contributed by atoms with E-state index in [9.17, 15) is 0 Å². The molecule has 0 fully saturated rings. The van der Waals surface area contributed by atoms with E-state index in [4.69, 9.17) is 16.3 Å². The van der Waals surface area contributed by atoms with Crippen molar-refractivity contribution in [3.05, 3.63) is 22.2 Å². The standard InChI is InChI=1S/C13H19ClN2O/c1-17-9-5-8-12-15-11-7-4-2-3-6-10(11)13(14)16-12/h2-9H2,1H3. The second kappa shape index (κ2) is 6.31. The molecular weight excluding hydrogens is 236 g/mol. The minimum Gasteiger partial charge on any atom is -0.385 e. The first kappa shape index (κ1) is 12.8. The number of hydrogen-bond acceptors (Lipinski definition) is 3. The Hall–Kier alpha value is -0.670. The molecule has 0 radical (unpaired) electrons. The van der Waals surface area contributed by atoms with Crippen LogP contribution < -0.4 is 0 Å². The lowest BCUT2D eigenvalue weighted by Gasteiger charge is -2.09. The summed E-state index contributed by atoms with van der Waals surface area (Å²) in [7, 11) is 1.71. The van der Waals surface area contributed by atoms with Crippen molar-refractivity contribution in [2.75, 3.05) is 13.7 Å². The molecule has 1 aliphatic rings. The summed E-state index contributed by atoms with van der Waals surface area (Å²) in [5, 5.41) is 0.671. The number of nitrogens with zero attached hydrogens (tertiary/aromatic N) is 2. The zero-order valence-corrected chi connectivity index (χ0v) is 11.1. The highest BCUT2D eigenvalue weighted by Crippen LogP contribution is 2.24. The Morgan fingerprint density at radius 3 is 2.82 bits per heavy atom. The molecule has 0 N–H and O–H groups in total. The Balaban J connectivity index is 2.14. The SMILES string of the molecule is COCCCc1nc(Cl)c2c(n1)CCCCC2. The molecule has 3 nitrogen and oxygen atoms in total. The molecule has 2 rings (SSSR count). The van der Waals surface area contributed by atoms with Gasteiger partial charge in [0.25, 0.3) is 0 Å². The van der Waals surface area contributed by atoms with Gasteiger partial charge in [0.1, 0.15) is 11.0 Å². The first-order valence-electron chi connectivity index (χ1n) is 6.34. The molecule has 0 saturated heterocycles. The van der Waals surface area contributed by atoms with E-state index in [-0.39, 0.29) is 0 Å². The van der Waals surface area contributed by atoms with Crippen molar-refractivity contribution in [1.29, 1.82) is 0 Å². The largest absolute Gasteiger partial charge is 0.385 e. The Labute approximate surface area is 108 Å². The molecule has 1 aromatic heterocycles. The normalized spacial score (nSPS) is 15.4. The molecule has 0 aliphatic heterocycles. The van der Waals surface area contributed by atoms with Gasteiger partial charge in [-0.15, -0.1) is 0 Å². The van der Waals surface area contributed by atoms with Gasteiger partial charge in [0, 0.05) is 31.4 Å². The van der Waals surface area contributed by atoms with Crippen LogP contribution in [0.4, 0.5) is 0 Å². The average Bonchev–Trinajstić information content (AvgIpc) is 2.55. The maximum Gasteiger partial charge on any atom is 0.136 e. The average molecular weight is 255 g/mol. The van der Waals surface area contributed by atoms with E-state index < -0.39 is 0 Å². The molecule has 1 heterocycles. The number of methoxy groups -OCH3 is 1. The van der Waals surface area contributed by atoms with E-state index in [1.54, 1.807) is 7.11 Å². The third-order valence-corrected chi connectivity index (χ3v) is 3.49. The van der Waals surface area contributed by atoms with Gasteiger partial charge >= 0.3 is 0 Å². The van der Waals surface area contributed by atoms with E-state index in [1.165, 1.54) is 30.5 Å². The Morgan fingerprint density at radius 2 is 2.00 bits per heavy atom. The predicted molar refractivity (Wildman–Crippen MR) is 68.5 cm³/mol. The molecule has 0 saturated carbocycles. The van der Waals surface area contributed by atoms with Crippen molar-refractivity contribution in [3.8, 4) is 0 Å². The molecular formula is C13H19ClN2O. The van der Waals surface area contributed by atoms with Crippen molar-refractivity contribution < 1.29 is 4.74 Å². The molecule has 0 amide bonds. The lowest BCUT2D eigenvalue weighted by Crippen LogP contribution is -2.06. The molecule has 0 aromatic carbocycles. The van der Waals surface area contributed by atoms with Crippen molar-refractivity contribution in [2.24, 2.45) is 0 Å². The molecule has 4 heteroatoms. The zero-order valence-electron chi connectivity index (χ0n) is 10.3. The first-order valence-corrected chi connectivity index (χ1v) is 6.72. The summed E-state index contributed by atoms with van der Waals surface area (Å²) in [5.74, 6) is 0.868. The summed E-state index contributed by atoms with van der Waals surface area (Å²) in [5.41, 5.74) is 2.36. The van der Waals surface area contributed by atoms with Crippen LogP contribution in [0, 0.1) is 0 Å². The van der Waals surface area contributed by atoms with E-state index in [2.05, 4.69) is 9.97 Å². The van der Waals surface area contributed by atoms with Crippen LogP contribution >= 0.6 is 11.6 Å². The van der Waals surface area contributed by atoms with Gasteiger partial charge in [-0.2, -0.15) is 0 Å². The topological polar surface area (TPSA) is 35.0 Å². The Morgan fingerprint density at radius 1 is 1.18 bits per heavy atom. The summed E-state index contributed by atoms with van der Waals surface area (Å²) in [6, 6.07) is 0. The van der Waals surface area contributed by atoms with E-state index in [1.807, 2.05) is 0 Å². The fourth-order valence-corrected chi connectivity index (χ4v) is 2.56.